The molecule has 0 aromatic heterocycles. The van der Waals surface area contributed by atoms with Crippen LogP contribution >= 0.6 is 11.8 Å². The molecule has 0 heterocycles. The van der Waals surface area contributed by atoms with E-state index in [4.69, 9.17) is 0 Å². The summed E-state index contributed by atoms with van der Waals surface area (Å²) in [6.07, 6.45) is 0. The van der Waals surface area contributed by atoms with E-state index in [0.717, 1.165) is 4.90 Å². The van der Waals surface area contributed by atoms with Crippen LogP contribution in [0.5, 0.6) is 0 Å². The Morgan fingerprint density at radius 3 is 2.20 bits per heavy atom. The van der Waals surface area contributed by atoms with Crippen LogP contribution in [0, 0.1) is 5.41 Å². The Kier molecular flexibility index (Phi) is 5.22. The van der Waals surface area contributed by atoms with Gasteiger partial charge in [-0.3, -0.25) is 9.59 Å². The van der Waals surface area contributed by atoms with Crippen LogP contribution < -0.4 is 5.32 Å². The van der Waals surface area contributed by atoms with Crippen LogP contribution in [0.15, 0.2) is 35.2 Å². The molecular weight excluding hydrogens is 274 g/mol. The monoisotopic (exact) mass is 295 g/mol. The number of nitrogens with one attached hydrogen (secondary N) is 1. The number of amides is 1. The zero-order valence-electron chi connectivity index (χ0n) is 12.3. The number of carbonyl (C=O) groups excluding carboxylic acids is 1. The molecule has 1 amide bonds. The summed E-state index contributed by atoms with van der Waals surface area (Å²) in [5.41, 5.74) is -1.87. The maximum atomic E-state index is 12.0. The summed E-state index contributed by atoms with van der Waals surface area (Å²) in [4.78, 5) is 24.3. The van der Waals surface area contributed by atoms with Crippen molar-refractivity contribution in [3.63, 3.8) is 0 Å². The Morgan fingerprint density at radius 1 is 1.15 bits per heavy atom. The highest BCUT2D eigenvalue weighted by atomic mass is 32.2. The van der Waals surface area contributed by atoms with Gasteiger partial charge in [-0.05, 0) is 39.8 Å². The number of hydrogen-bond donors (Lipinski definition) is 2. The summed E-state index contributed by atoms with van der Waals surface area (Å²) in [6, 6.07) is 9.62. The highest BCUT2D eigenvalue weighted by Gasteiger charge is 2.44. The molecule has 1 aromatic carbocycles. The molecule has 0 radical (unpaired) electrons. The van der Waals surface area contributed by atoms with Gasteiger partial charge in [-0.15, -0.1) is 11.8 Å². The molecule has 0 aliphatic carbocycles. The number of rotatable bonds is 6. The second kappa shape index (κ2) is 6.31. The Bertz CT molecular complexity index is 483. The van der Waals surface area contributed by atoms with Crippen LogP contribution in [-0.4, -0.2) is 28.3 Å². The van der Waals surface area contributed by atoms with E-state index in [2.05, 4.69) is 5.32 Å². The van der Waals surface area contributed by atoms with Gasteiger partial charge in [-0.1, -0.05) is 18.2 Å². The molecule has 0 aliphatic heterocycles. The molecule has 0 aliphatic rings. The predicted molar refractivity (Wildman–Crippen MR) is 80.8 cm³/mol. The van der Waals surface area contributed by atoms with Gasteiger partial charge in [0.2, 0.25) is 5.91 Å². The molecule has 4 nitrogen and oxygen atoms in total. The lowest BCUT2D eigenvalue weighted by Gasteiger charge is -2.38. The van der Waals surface area contributed by atoms with Gasteiger partial charge in [0, 0.05) is 10.4 Å². The highest BCUT2D eigenvalue weighted by Crippen LogP contribution is 2.31. The second-order valence-electron chi connectivity index (χ2n) is 5.71. The molecule has 5 heteroatoms. The normalized spacial score (nSPS) is 12.0. The van der Waals surface area contributed by atoms with Crippen molar-refractivity contribution in [1.29, 1.82) is 0 Å². The van der Waals surface area contributed by atoms with Gasteiger partial charge in [0.15, 0.2) is 0 Å². The molecule has 0 saturated heterocycles. The van der Waals surface area contributed by atoms with Crippen LogP contribution in [0.4, 0.5) is 0 Å². The van der Waals surface area contributed by atoms with Crippen LogP contribution in [0.25, 0.3) is 0 Å². The quantitative estimate of drug-likeness (QED) is 0.792. The van der Waals surface area contributed by atoms with Gasteiger partial charge in [0.05, 0.1) is 11.2 Å². The molecule has 0 atom stereocenters. The van der Waals surface area contributed by atoms with Crippen molar-refractivity contribution in [3.05, 3.63) is 30.3 Å². The number of aliphatic carboxylic acids is 1. The topological polar surface area (TPSA) is 66.4 Å². The molecule has 0 fully saturated rings. The zero-order valence-corrected chi connectivity index (χ0v) is 13.1. The molecule has 0 unspecified atom stereocenters. The van der Waals surface area contributed by atoms with Crippen molar-refractivity contribution in [2.45, 2.75) is 38.1 Å². The number of thioether (sulfide) groups is 1. The minimum atomic E-state index is -1.04. The second-order valence-corrected chi connectivity index (χ2v) is 6.75. The van der Waals surface area contributed by atoms with Crippen LogP contribution in [0.1, 0.15) is 27.7 Å². The summed E-state index contributed by atoms with van der Waals surface area (Å²) < 4.78 is 0. The van der Waals surface area contributed by atoms with Crippen molar-refractivity contribution < 1.29 is 14.7 Å². The Labute approximate surface area is 124 Å². The average Bonchev–Trinajstić information content (AvgIpc) is 2.36. The summed E-state index contributed by atoms with van der Waals surface area (Å²) in [5, 5.41) is 12.0. The summed E-state index contributed by atoms with van der Waals surface area (Å²) in [6.45, 7) is 6.68. The van der Waals surface area contributed by atoms with Crippen molar-refractivity contribution in [1.82, 2.24) is 5.32 Å². The molecule has 1 aromatic rings. The zero-order chi connectivity index (χ0) is 15.4. The van der Waals surface area contributed by atoms with Crippen molar-refractivity contribution in [3.8, 4) is 0 Å². The van der Waals surface area contributed by atoms with Crippen molar-refractivity contribution in [2.24, 2.45) is 5.41 Å². The van der Waals surface area contributed by atoms with Crippen LogP contribution in [-0.2, 0) is 9.59 Å². The number of hydrogen-bond acceptors (Lipinski definition) is 3. The SMILES string of the molecule is CC(C)(NC(=O)CSc1ccccc1)C(C)(C)C(=O)O. The fourth-order valence-corrected chi connectivity index (χ4v) is 2.19. The molecule has 1 rings (SSSR count). The molecule has 0 saturated carbocycles. The maximum absolute atomic E-state index is 12.0. The maximum Gasteiger partial charge on any atom is 0.311 e. The van der Waals surface area contributed by atoms with E-state index < -0.39 is 16.9 Å². The number of carbonyl (C=O) groups is 2. The highest BCUT2D eigenvalue weighted by molar-refractivity contribution is 8.00. The molecule has 0 spiro atoms. The number of benzene rings is 1. The van der Waals surface area contributed by atoms with E-state index in [0.29, 0.717) is 0 Å². The lowest BCUT2D eigenvalue weighted by Crippen LogP contribution is -2.57. The van der Waals surface area contributed by atoms with Gasteiger partial charge in [-0.2, -0.15) is 0 Å². The lowest BCUT2D eigenvalue weighted by molar-refractivity contribution is -0.151. The molecule has 2 N–H and O–H groups in total. The predicted octanol–water partition coefficient (Wildman–Crippen LogP) is 2.78. The van der Waals surface area contributed by atoms with Gasteiger partial charge < -0.3 is 10.4 Å². The smallest absolute Gasteiger partial charge is 0.311 e. The van der Waals surface area contributed by atoms with Crippen molar-refractivity contribution in [2.75, 3.05) is 5.75 Å². The van der Waals surface area contributed by atoms with E-state index in [1.165, 1.54) is 11.8 Å². The van der Waals surface area contributed by atoms with Gasteiger partial charge in [0.1, 0.15) is 0 Å². The summed E-state index contributed by atoms with van der Waals surface area (Å²) >= 11 is 1.43. The first kappa shape index (κ1) is 16.6. The fraction of sp³-hybridized carbons (Fsp3) is 0.467. The average molecular weight is 295 g/mol. The Morgan fingerprint density at radius 2 is 1.70 bits per heavy atom. The Balaban J connectivity index is 2.60. The minimum Gasteiger partial charge on any atom is -0.481 e. The third kappa shape index (κ3) is 4.00. The molecule has 20 heavy (non-hydrogen) atoms. The lowest BCUT2D eigenvalue weighted by atomic mass is 9.74. The Hall–Kier alpha value is -1.49. The van der Waals surface area contributed by atoms with Gasteiger partial charge >= 0.3 is 5.97 Å². The summed E-state index contributed by atoms with van der Waals surface area (Å²) in [7, 11) is 0. The fourth-order valence-electron chi connectivity index (χ4n) is 1.47. The van der Waals surface area contributed by atoms with E-state index in [-0.39, 0.29) is 11.7 Å². The number of carboxylic acid groups (broad SMARTS) is 1. The minimum absolute atomic E-state index is 0.168. The third-order valence-electron chi connectivity index (χ3n) is 3.66. The van der Waals surface area contributed by atoms with E-state index >= 15 is 0 Å². The van der Waals surface area contributed by atoms with Crippen molar-refractivity contribution >= 4 is 23.6 Å². The van der Waals surface area contributed by atoms with Crippen LogP contribution in [0.3, 0.4) is 0 Å². The third-order valence-corrected chi connectivity index (χ3v) is 4.67. The van der Waals surface area contributed by atoms with E-state index in [1.807, 2.05) is 30.3 Å². The summed E-state index contributed by atoms with van der Waals surface area (Å²) in [5.74, 6) is -0.833. The molecular formula is C15H21NO3S. The van der Waals surface area contributed by atoms with E-state index in [9.17, 15) is 14.7 Å². The molecule has 0 bridgehead atoms. The standard InChI is InChI=1S/C15H21NO3S/c1-14(2,13(18)19)15(3,4)16-12(17)10-20-11-8-6-5-7-9-11/h5-9H,10H2,1-4H3,(H,16,17)(H,18,19). The van der Waals surface area contributed by atoms with Gasteiger partial charge in [-0.25, -0.2) is 0 Å². The van der Waals surface area contributed by atoms with Gasteiger partial charge in [0.25, 0.3) is 0 Å². The first-order chi connectivity index (χ1) is 9.17. The molecule has 110 valence electrons. The first-order valence-corrected chi connectivity index (χ1v) is 7.37. The van der Waals surface area contributed by atoms with Crippen LogP contribution in [0.2, 0.25) is 0 Å². The number of carboxylic acids is 1. The van der Waals surface area contributed by atoms with E-state index in [1.54, 1.807) is 27.7 Å². The largest absolute Gasteiger partial charge is 0.481 e. The first-order valence-electron chi connectivity index (χ1n) is 6.39.